The molecule has 21 heavy (non-hydrogen) atoms. The van der Waals surface area contributed by atoms with Gasteiger partial charge in [0.2, 0.25) is 0 Å². The largest absolute Gasteiger partial charge is 0.322 e. The van der Waals surface area contributed by atoms with Crippen molar-refractivity contribution in [1.29, 1.82) is 0 Å². The fourth-order valence-corrected chi connectivity index (χ4v) is 7.50. The Morgan fingerprint density at radius 3 is 2.19 bits per heavy atom. The van der Waals surface area contributed by atoms with Crippen LogP contribution in [0.25, 0.3) is 0 Å². The minimum Gasteiger partial charge on any atom is -0.322 e. The molecule has 1 saturated heterocycles. The van der Waals surface area contributed by atoms with E-state index in [1.165, 1.54) is 54.4 Å². The van der Waals surface area contributed by atoms with Gasteiger partial charge >= 0.3 is 0 Å². The lowest BCUT2D eigenvalue weighted by atomic mass is 10.1. The van der Waals surface area contributed by atoms with Crippen LogP contribution in [0.3, 0.4) is 0 Å². The Balaban J connectivity index is 2.08. The Hall–Kier alpha value is -0.880. The number of aryl methyl sites for hydroxylation is 3. The fraction of sp³-hybridized carbons (Fsp3) is 0.611. The van der Waals surface area contributed by atoms with Crippen LogP contribution in [0.4, 0.5) is 5.69 Å². The Labute approximate surface area is 130 Å². The van der Waals surface area contributed by atoms with Crippen molar-refractivity contribution in [2.45, 2.75) is 47.0 Å². The first-order chi connectivity index (χ1) is 9.96. The quantitative estimate of drug-likeness (QED) is 0.798. The molecule has 0 saturated carbocycles. The zero-order valence-electron chi connectivity index (χ0n) is 14.0. The van der Waals surface area contributed by atoms with E-state index in [1.54, 1.807) is 0 Å². The maximum absolute atomic E-state index is 12.6. The van der Waals surface area contributed by atoms with E-state index in [4.69, 9.17) is 0 Å². The average molecular weight is 306 g/mol. The number of nitrogens with one attached hydrogen (secondary N) is 1. The van der Waals surface area contributed by atoms with Gasteiger partial charge in [-0.25, -0.2) is 0 Å². The molecule has 1 aromatic rings. The molecule has 3 heteroatoms. The average Bonchev–Trinajstić information content (AvgIpc) is 2.44. The lowest BCUT2D eigenvalue weighted by Crippen LogP contribution is -2.25. The van der Waals surface area contributed by atoms with Gasteiger partial charge in [0.15, 0.2) is 0 Å². The first-order valence-corrected chi connectivity index (χ1v) is 10.7. The standard InChI is InChI=1S/C18H28NOP/c1-5-21(9-7-6-8-10-21)13-17(20)19-18-15(3)11-14(2)12-16(18)4/h11-12H,5-10,13H2,1-4H3/p+1. The predicted octanol–water partition coefficient (Wildman–Crippen LogP) is 4.77. The molecule has 0 aromatic heterocycles. The van der Waals surface area contributed by atoms with Crippen LogP contribution in [0, 0.1) is 20.8 Å². The molecule has 0 unspecified atom stereocenters. The zero-order chi connectivity index (χ0) is 15.5. The molecule has 1 aromatic carbocycles. The molecule has 0 atom stereocenters. The molecule has 0 bridgehead atoms. The number of hydrogen-bond acceptors (Lipinski definition) is 1. The Morgan fingerprint density at radius 2 is 1.67 bits per heavy atom. The molecule has 0 radical (unpaired) electrons. The molecule has 1 N–H and O–H groups in total. The number of anilines is 1. The van der Waals surface area contributed by atoms with E-state index in [2.05, 4.69) is 45.1 Å². The Kier molecular flexibility index (Phi) is 5.43. The molecule has 1 amide bonds. The molecule has 1 fully saturated rings. The number of hydrogen-bond donors (Lipinski definition) is 1. The maximum atomic E-state index is 12.6. The van der Waals surface area contributed by atoms with Gasteiger partial charge in [-0.2, -0.15) is 0 Å². The van der Waals surface area contributed by atoms with Crippen molar-refractivity contribution in [1.82, 2.24) is 0 Å². The van der Waals surface area contributed by atoms with Crippen molar-refractivity contribution in [3.8, 4) is 0 Å². The summed E-state index contributed by atoms with van der Waals surface area (Å²) in [5.41, 5.74) is 4.63. The van der Waals surface area contributed by atoms with Gasteiger partial charge in [0.1, 0.15) is 6.16 Å². The van der Waals surface area contributed by atoms with Crippen molar-refractivity contribution < 1.29 is 4.79 Å². The number of benzene rings is 1. The first-order valence-electron chi connectivity index (χ1n) is 8.18. The lowest BCUT2D eigenvalue weighted by Gasteiger charge is -2.29. The van der Waals surface area contributed by atoms with E-state index in [0.29, 0.717) is 0 Å². The SMILES string of the molecule is CC[P+]1(CC(=O)Nc2c(C)cc(C)cc2C)CCCCC1. The minimum atomic E-state index is -1.02. The normalized spacial score (nSPS) is 17.5. The molecule has 1 aliphatic rings. The van der Waals surface area contributed by atoms with Crippen molar-refractivity contribution in [2.75, 3.05) is 30.0 Å². The van der Waals surface area contributed by atoms with E-state index in [0.717, 1.165) is 11.8 Å². The van der Waals surface area contributed by atoms with Crippen LogP contribution in [0.2, 0.25) is 0 Å². The number of carbonyl (C=O) groups excluding carboxylic acids is 1. The third-order valence-corrected chi connectivity index (χ3v) is 9.69. The molecule has 1 heterocycles. The highest BCUT2D eigenvalue weighted by Crippen LogP contribution is 2.61. The van der Waals surface area contributed by atoms with Crippen LogP contribution < -0.4 is 5.32 Å². The molecule has 2 nitrogen and oxygen atoms in total. The second kappa shape index (κ2) is 6.92. The lowest BCUT2D eigenvalue weighted by molar-refractivity contribution is -0.113. The summed E-state index contributed by atoms with van der Waals surface area (Å²) in [6.45, 7) is 8.56. The van der Waals surface area contributed by atoms with Gasteiger partial charge in [-0.3, -0.25) is 4.79 Å². The topological polar surface area (TPSA) is 29.1 Å². The number of rotatable bonds is 4. The molecule has 2 rings (SSSR count). The summed E-state index contributed by atoms with van der Waals surface area (Å²) < 4.78 is 0. The van der Waals surface area contributed by atoms with E-state index >= 15 is 0 Å². The predicted molar refractivity (Wildman–Crippen MR) is 95.2 cm³/mol. The van der Waals surface area contributed by atoms with Crippen LogP contribution in [0.5, 0.6) is 0 Å². The summed E-state index contributed by atoms with van der Waals surface area (Å²) in [6.07, 6.45) is 8.68. The summed E-state index contributed by atoms with van der Waals surface area (Å²) >= 11 is 0. The molecule has 1 aliphatic heterocycles. The third kappa shape index (κ3) is 4.07. The van der Waals surface area contributed by atoms with Crippen molar-refractivity contribution in [2.24, 2.45) is 0 Å². The highest BCUT2D eigenvalue weighted by Gasteiger charge is 2.39. The van der Waals surface area contributed by atoms with Crippen molar-refractivity contribution in [3.63, 3.8) is 0 Å². The number of carbonyl (C=O) groups is 1. The second-order valence-electron chi connectivity index (χ2n) is 6.65. The maximum Gasteiger partial charge on any atom is 0.261 e. The summed E-state index contributed by atoms with van der Waals surface area (Å²) in [7, 11) is -1.02. The van der Waals surface area contributed by atoms with E-state index < -0.39 is 7.26 Å². The van der Waals surface area contributed by atoms with Crippen LogP contribution in [0.15, 0.2) is 12.1 Å². The van der Waals surface area contributed by atoms with E-state index in [9.17, 15) is 4.79 Å². The monoisotopic (exact) mass is 306 g/mol. The molecular weight excluding hydrogens is 277 g/mol. The highest BCUT2D eigenvalue weighted by atomic mass is 31.2. The first kappa shape index (κ1) is 16.5. The van der Waals surface area contributed by atoms with Gasteiger partial charge in [-0.15, -0.1) is 0 Å². The highest BCUT2D eigenvalue weighted by molar-refractivity contribution is 7.76. The summed E-state index contributed by atoms with van der Waals surface area (Å²) in [6, 6.07) is 4.29. The summed E-state index contributed by atoms with van der Waals surface area (Å²) in [5, 5.41) is 3.20. The van der Waals surface area contributed by atoms with Gasteiger partial charge in [0.25, 0.3) is 5.91 Å². The third-order valence-electron chi connectivity index (χ3n) is 4.86. The fourth-order valence-electron chi connectivity index (χ4n) is 3.63. The van der Waals surface area contributed by atoms with Crippen LogP contribution in [-0.4, -0.2) is 30.6 Å². The van der Waals surface area contributed by atoms with Crippen LogP contribution in [0.1, 0.15) is 42.9 Å². The zero-order valence-corrected chi connectivity index (χ0v) is 14.9. The van der Waals surface area contributed by atoms with E-state index in [1.807, 2.05) is 0 Å². The Morgan fingerprint density at radius 1 is 1.10 bits per heavy atom. The van der Waals surface area contributed by atoms with Gasteiger partial charge in [0.05, 0.1) is 18.5 Å². The van der Waals surface area contributed by atoms with E-state index in [-0.39, 0.29) is 5.91 Å². The molecule has 116 valence electrons. The van der Waals surface area contributed by atoms with Gasteiger partial charge in [-0.1, -0.05) is 17.7 Å². The molecular formula is C18H29NOP+. The van der Waals surface area contributed by atoms with Gasteiger partial charge in [0, 0.05) is 12.9 Å². The smallest absolute Gasteiger partial charge is 0.261 e. The van der Waals surface area contributed by atoms with Gasteiger partial charge in [-0.05, 0) is 58.1 Å². The minimum absolute atomic E-state index is 0.238. The van der Waals surface area contributed by atoms with Crippen LogP contribution >= 0.6 is 7.26 Å². The summed E-state index contributed by atoms with van der Waals surface area (Å²) in [5.74, 6) is 0.238. The number of amides is 1. The van der Waals surface area contributed by atoms with Crippen molar-refractivity contribution >= 4 is 18.9 Å². The van der Waals surface area contributed by atoms with Gasteiger partial charge < -0.3 is 5.32 Å². The summed E-state index contributed by atoms with van der Waals surface area (Å²) in [4.78, 5) is 12.6. The Bertz CT molecular complexity index is 495. The van der Waals surface area contributed by atoms with Crippen LogP contribution in [-0.2, 0) is 4.79 Å². The molecule has 0 aliphatic carbocycles. The second-order valence-corrected chi connectivity index (χ2v) is 11.2. The molecule has 0 spiro atoms. The van der Waals surface area contributed by atoms with Crippen molar-refractivity contribution in [3.05, 3.63) is 28.8 Å².